The number of rotatable bonds is 4. The lowest BCUT2D eigenvalue weighted by Crippen LogP contribution is -2.45. The molecule has 2 N–H and O–H groups in total. The predicted octanol–water partition coefficient (Wildman–Crippen LogP) is 1.98. The fraction of sp³-hybridized carbons (Fsp3) is 0.533. The zero-order chi connectivity index (χ0) is 14.8. The standard InChI is InChI=1S/C15H22N2O3/c1-10(16-8-14(18)17-15(2,3)4)11-5-6-12-13(7-11)20-9-19-12/h5-7,10,16H,8-9H2,1-4H3,(H,17,18). The largest absolute Gasteiger partial charge is 0.454 e. The summed E-state index contributed by atoms with van der Waals surface area (Å²) in [5, 5.41) is 6.13. The zero-order valence-corrected chi connectivity index (χ0v) is 12.4. The molecule has 1 unspecified atom stereocenters. The van der Waals surface area contributed by atoms with Gasteiger partial charge in [0, 0.05) is 11.6 Å². The van der Waals surface area contributed by atoms with Gasteiger partial charge in [0.25, 0.3) is 0 Å². The van der Waals surface area contributed by atoms with Crippen molar-refractivity contribution < 1.29 is 14.3 Å². The van der Waals surface area contributed by atoms with E-state index < -0.39 is 0 Å². The van der Waals surface area contributed by atoms with Crippen LogP contribution < -0.4 is 20.1 Å². The molecule has 110 valence electrons. The summed E-state index contributed by atoms with van der Waals surface area (Å²) in [5.74, 6) is 1.52. The molecule has 0 aliphatic carbocycles. The Morgan fingerprint density at radius 3 is 2.70 bits per heavy atom. The van der Waals surface area contributed by atoms with Crippen LogP contribution in [0.1, 0.15) is 39.3 Å². The third-order valence-corrected chi connectivity index (χ3v) is 2.98. The highest BCUT2D eigenvalue weighted by atomic mass is 16.7. The van der Waals surface area contributed by atoms with E-state index >= 15 is 0 Å². The Morgan fingerprint density at radius 2 is 2.00 bits per heavy atom. The fourth-order valence-corrected chi connectivity index (χ4v) is 2.01. The Labute approximate surface area is 119 Å². The summed E-state index contributed by atoms with van der Waals surface area (Å²) < 4.78 is 10.6. The van der Waals surface area contributed by atoms with Crippen LogP contribution in [0.5, 0.6) is 11.5 Å². The number of amides is 1. The molecule has 1 amide bonds. The van der Waals surface area contributed by atoms with Crippen molar-refractivity contribution >= 4 is 5.91 Å². The molecule has 0 saturated carbocycles. The minimum absolute atomic E-state index is 0.00917. The monoisotopic (exact) mass is 278 g/mol. The minimum atomic E-state index is -0.208. The maximum atomic E-state index is 11.8. The average Bonchev–Trinajstić information content (AvgIpc) is 2.80. The molecule has 0 bridgehead atoms. The van der Waals surface area contributed by atoms with Crippen molar-refractivity contribution in [2.45, 2.75) is 39.3 Å². The molecule has 1 aliphatic rings. The van der Waals surface area contributed by atoms with Crippen LogP contribution >= 0.6 is 0 Å². The van der Waals surface area contributed by atoms with Crippen molar-refractivity contribution in [2.75, 3.05) is 13.3 Å². The Hall–Kier alpha value is -1.75. The van der Waals surface area contributed by atoms with E-state index in [-0.39, 0.29) is 30.8 Å². The van der Waals surface area contributed by atoms with E-state index in [1.165, 1.54) is 0 Å². The molecule has 20 heavy (non-hydrogen) atoms. The fourth-order valence-electron chi connectivity index (χ4n) is 2.01. The van der Waals surface area contributed by atoms with Gasteiger partial charge < -0.3 is 20.1 Å². The average molecular weight is 278 g/mol. The van der Waals surface area contributed by atoms with Crippen LogP contribution in [0.15, 0.2) is 18.2 Å². The van der Waals surface area contributed by atoms with E-state index in [9.17, 15) is 4.79 Å². The van der Waals surface area contributed by atoms with Gasteiger partial charge in [0.15, 0.2) is 11.5 Å². The van der Waals surface area contributed by atoms with Crippen LogP contribution in [0.3, 0.4) is 0 Å². The van der Waals surface area contributed by atoms with Crippen molar-refractivity contribution in [1.82, 2.24) is 10.6 Å². The van der Waals surface area contributed by atoms with Crippen molar-refractivity contribution in [3.05, 3.63) is 23.8 Å². The summed E-state index contributed by atoms with van der Waals surface area (Å²) in [6.45, 7) is 8.47. The smallest absolute Gasteiger partial charge is 0.234 e. The van der Waals surface area contributed by atoms with Gasteiger partial charge >= 0.3 is 0 Å². The van der Waals surface area contributed by atoms with Crippen LogP contribution in [0, 0.1) is 0 Å². The van der Waals surface area contributed by atoms with Gasteiger partial charge in [-0.3, -0.25) is 4.79 Å². The molecule has 1 aliphatic heterocycles. The lowest BCUT2D eigenvalue weighted by atomic mass is 10.1. The van der Waals surface area contributed by atoms with Crippen molar-refractivity contribution in [3.8, 4) is 11.5 Å². The predicted molar refractivity (Wildman–Crippen MR) is 76.9 cm³/mol. The molecule has 0 spiro atoms. The molecule has 1 aromatic rings. The molecule has 1 aromatic carbocycles. The number of benzene rings is 1. The van der Waals surface area contributed by atoms with E-state index in [0.29, 0.717) is 0 Å². The van der Waals surface area contributed by atoms with E-state index in [4.69, 9.17) is 9.47 Å². The zero-order valence-electron chi connectivity index (χ0n) is 12.4. The van der Waals surface area contributed by atoms with E-state index in [1.807, 2.05) is 45.9 Å². The molecule has 5 nitrogen and oxygen atoms in total. The second kappa shape index (κ2) is 5.71. The minimum Gasteiger partial charge on any atom is -0.454 e. The van der Waals surface area contributed by atoms with Crippen LogP contribution in [-0.2, 0) is 4.79 Å². The van der Waals surface area contributed by atoms with E-state index in [1.54, 1.807) is 0 Å². The van der Waals surface area contributed by atoms with Crippen LogP contribution in [0.4, 0.5) is 0 Å². The number of fused-ring (bicyclic) bond motifs is 1. The molecule has 0 radical (unpaired) electrons. The summed E-state index contributed by atoms with van der Waals surface area (Å²) >= 11 is 0. The summed E-state index contributed by atoms with van der Waals surface area (Å²) in [5.41, 5.74) is 0.860. The van der Waals surface area contributed by atoms with Crippen molar-refractivity contribution in [2.24, 2.45) is 0 Å². The van der Waals surface area contributed by atoms with Crippen molar-refractivity contribution in [3.63, 3.8) is 0 Å². The summed E-state index contributed by atoms with van der Waals surface area (Å²) in [6, 6.07) is 5.88. The first-order chi connectivity index (χ1) is 9.35. The summed E-state index contributed by atoms with van der Waals surface area (Å²) in [4.78, 5) is 11.8. The second-order valence-electron chi connectivity index (χ2n) is 6.01. The van der Waals surface area contributed by atoms with Gasteiger partial charge in [-0.15, -0.1) is 0 Å². The number of carbonyl (C=O) groups excluding carboxylic acids is 1. The quantitative estimate of drug-likeness (QED) is 0.884. The molecule has 0 fully saturated rings. The number of ether oxygens (including phenoxy) is 2. The highest BCUT2D eigenvalue weighted by Crippen LogP contribution is 2.34. The number of nitrogens with one attached hydrogen (secondary N) is 2. The number of hydrogen-bond donors (Lipinski definition) is 2. The third-order valence-electron chi connectivity index (χ3n) is 2.98. The van der Waals surface area contributed by atoms with Gasteiger partial charge in [-0.1, -0.05) is 6.07 Å². The summed E-state index contributed by atoms with van der Waals surface area (Å²) in [6.07, 6.45) is 0. The molecule has 1 atom stereocenters. The van der Waals surface area contributed by atoms with Crippen LogP contribution in [-0.4, -0.2) is 24.8 Å². The van der Waals surface area contributed by atoms with Gasteiger partial charge in [0.05, 0.1) is 6.54 Å². The van der Waals surface area contributed by atoms with Crippen LogP contribution in [0.2, 0.25) is 0 Å². The number of carbonyl (C=O) groups is 1. The van der Waals surface area contributed by atoms with Gasteiger partial charge in [0.2, 0.25) is 12.7 Å². The van der Waals surface area contributed by atoms with Gasteiger partial charge in [-0.25, -0.2) is 0 Å². The molecule has 0 aromatic heterocycles. The molecular weight excluding hydrogens is 256 g/mol. The van der Waals surface area contributed by atoms with Gasteiger partial charge in [0.1, 0.15) is 0 Å². The Bertz CT molecular complexity index is 494. The first kappa shape index (κ1) is 14.7. The lowest BCUT2D eigenvalue weighted by Gasteiger charge is -2.21. The van der Waals surface area contributed by atoms with Gasteiger partial charge in [-0.05, 0) is 45.4 Å². The molecule has 1 heterocycles. The Morgan fingerprint density at radius 1 is 1.30 bits per heavy atom. The van der Waals surface area contributed by atoms with E-state index in [2.05, 4.69) is 10.6 Å². The van der Waals surface area contributed by atoms with Crippen molar-refractivity contribution in [1.29, 1.82) is 0 Å². The molecule has 0 saturated heterocycles. The highest BCUT2D eigenvalue weighted by molar-refractivity contribution is 5.78. The maximum absolute atomic E-state index is 11.8. The lowest BCUT2D eigenvalue weighted by molar-refractivity contribution is -0.121. The molecular formula is C15H22N2O3. The topological polar surface area (TPSA) is 59.6 Å². The van der Waals surface area contributed by atoms with Crippen LogP contribution in [0.25, 0.3) is 0 Å². The number of hydrogen-bond acceptors (Lipinski definition) is 4. The normalized spacial score (nSPS) is 15.0. The Kier molecular flexibility index (Phi) is 4.18. The third kappa shape index (κ3) is 3.87. The molecule has 5 heteroatoms. The van der Waals surface area contributed by atoms with Gasteiger partial charge in [-0.2, -0.15) is 0 Å². The maximum Gasteiger partial charge on any atom is 0.234 e. The summed E-state index contributed by atoms with van der Waals surface area (Å²) in [7, 11) is 0. The Balaban J connectivity index is 1.89. The first-order valence-electron chi connectivity index (χ1n) is 6.79. The first-order valence-corrected chi connectivity index (χ1v) is 6.79. The van der Waals surface area contributed by atoms with E-state index in [0.717, 1.165) is 17.1 Å². The highest BCUT2D eigenvalue weighted by Gasteiger charge is 2.17. The second-order valence-corrected chi connectivity index (χ2v) is 6.01. The molecule has 2 rings (SSSR count). The SMILES string of the molecule is CC(NCC(=O)NC(C)(C)C)c1ccc2c(c1)OCO2.